The second kappa shape index (κ2) is 2.26. The van der Waals surface area contributed by atoms with Crippen LogP contribution in [0.2, 0.25) is 0 Å². The first kappa shape index (κ1) is 7.01. The summed E-state index contributed by atoms with van der Waals surface area (Å²) < 4.78 is 0. The van der Waals surface area contributed by atoms with Gasteiger partial charge in [0.2, 0.25) is 5.91 Å². The van der Waals surface area contributed by atoms with E-state index in [1.807, 2.05) is 0 Å². The monoisotopic (exact) mass is 144 g/mol. The zero-order valence-electron chi connectivity index (χ0n) is 5.20. The minimum absolute atomic E-state index is 0.310. The number of carboxylic acids is 1. The second-order valence-electron chi connectivity index (χ2n) is 2.25. The van der Waals surface area contributed by atoms with Crippen LogP contribution in [-0.2, 0) is 9.59 Å². The average molecular weight is 144 g/mol. The second-order valence-corrected chi connectivity index (χ2v) is 2.25. The van der Waals surface area contributed by atoms with Crippen molar-refractivity contribution in [3.05, 3.63) is 0 Å². The van der Waals surface area contributed by atoms with Gasteiger partial charge in [-0.05, 0) is 6.42 Å². The van der Waals surface area contributed by atoms with Gasteiger partial charge in [0.25, 0.3) is 0 Å². The first-order valence-corrected chi connectivity index (χ1v) is 2.89. The summed E-state index contributed by atoms with van der Waals surface area (Å²) in [6.45, 7) is 0. The predicted molar refractivity (Wildman–Crippen MR) is 32.2 cm³/mol. The van der Waals surface area contributed by atoms with Gasteiger partial charge in [-0.25, -0.2) is 0 Å². The van der Waals surface area contributed by atoms with Gasteiger partial charge in [0.15, 0.2) is 0 Å². The molecular formula is C5H8N2O3. The molecule has 0 aromatic heterocycles. The highest BCUT2D eigenvalue weighted by Gasteiger charge is 2.36. The lowest BCUT2D eigenvalue weighted by molar-refractivity contribution is -0.143. The van der Waals surface area contributed by atoms with Crippen LogP contribution in [0.3, 0.4) is 0 Å². The smallest absolute Gasteiger partial charge is 0.320 e. The molecule has 1 amide bonds. The van der Waals surface area contributed by atoms with E-state index >= 15 is 0 Å². The number of amides is 1. The lowest BCUT2D eigenvalue weighted by Gasteiger charge is -2.31. The molecule has 0 aliphatic carbocycles. The van der Waals surface area contributed by atoms with Gasteiger partial charge < -0.3 is 10.8 Å². The molecule has 5 heteroatoms. The molecule has 1 aliphatic heterocycles. The van der Waals surface area contributed by atoms with Crippen molar-refractivity contribution in [3.63, 3.8) is 0 Å². The fourth-order valence-corrected chi connectivity index (χ4v) is 0.825. The van der Waals surface area contributed by atoms with E-state index in [1.165, 1.54) is 0 Å². The quantitative estimate of drug-likeness (QED) is 0.430. The number of rotatable bonds is 2. The first-order valence-electron chi connectivity index (χ1n) is 2.89. The Morgan fingerprint density at radius 1 is 1.50 bits per heavy atom. The standard InChI is InChI=1S/C5H8N2O3/c6-4(8)2-1-3(7-2)5(9)10/h2-3,7H,1H2,(H2,6,8)(H,9,10)/t2-,3+/m1/s1. The third-order valence-electron chi connectivity index (χ3n) is 1.52. The molecule has 56 valence electrons. The van der Waals surface area contributed by atoms with Gasteiger partial charge >= 0.3 is 5.97 Å². The Labute approximate surface area is 57.2 Å². The summed E-state index contributed by atoms with van der Waals surface area (Å²) >= 11 is 0. The lowest BCUT2D eigenvalue weighted by Crippen LogP contribution is -2.61. The van der Waals surface area contributed by atoms with E-state index in [0.29, 0.717) is 6.42 Å². The molecule has 0 spiro atoms. The highest BCUT2D eigenvalue weighted by Crippen LogP contribution is 2.10. The Balaban J connectivity index is 2.31. The number of aliphatic carboxylic acids is 1. The van der Waals surface area contributed by atoms with Gasteiger partial charge in [-0.15, -0.1) is 0 Å². The summed E-state index contributed by atoms with van der Waals surface area (Å²) in [6.07, 6.45) is 0.310. The van der Waals surface area contributed by atoms with Gasteiger partial charge in [-0.1, -0.05) is 0 Å². The summed E-state index contributed by atoms with van der Waals surface area (Å²) in [6, 6.07) is -1.03. The van der Waals surface area contributed by atoms with Crippen LogP contribution in [-0.4, -0.2) is 29.1 Å². The topological polar surface area (TPSA) is 92.4 Å². The van der Waals surface area contributed by atoms with Gasteiger partial charge in [-0.3, -0.25) is 14.9 Å². The molecule has 1 rings (SSSR count). The molecule has 0 aromatic carbocycles. The van der Waals surface area contributed by atoms with Crippen LogP contribution in [0.15, 0.2) is 0 Å². The zero-order valence-corrected chi connectivity index (χ0v) is 5.20. The largest absolute Gasteiger partial charge is 0.480 e. The SMILES string of the molecule is NC(=O)[C@H]1C[C@@H](C(=O)O)N1. The van der Waals surface area contributed by atoms with E-state index in [4.69, 9.17) is 10.8 Å². The lowest BCUT2D eigenvalue weighted by atomic mass is 9.97. The summed E-state index contributed by atoms with van der Waals surface area (Å²) in [7, 11) is 0. The first-order chi connectivity index (χ1) is 4.61. The molecule has 1 aliphatic rings. The zero-order chi connectivity index (χ0) is 7.72. The number of carbonyl (C=O) groups is 2. The predicted octanol–water partition coefficient (Wildman–Crippen LogP) is -1.71. The van der Waals surface area contributed by atoms with Crippen molar-refractivity contribution >= 4 is 11.9 Å². The van der Waals surface area contributed by atoms with Crippen LogP contribution in [0.4, 0.5) is 0 Å². The fourth-order valence-electron chi connectivity index (χ4n) is 0.825. The van der Waals surface area contributed by atoms with Gasteiger partial charge in [0, 0.05) is 0 Å². The number of nitrogens with two attached hydrogens (primary N) is 1. The number of carbonyl (C=O) groups excluding carboxylic acids is 1. The van der Waals surface area contributed by atoms with E-state index in [9.17, 15) is 9.59 Å². The number of nitrogens with one attached hydrogen (secondary N) is 1. The molecule has 1 heterocycles. The Bertz CT molecular complexity index is 156. The van der Waals surface area contributed by atoms with Gasteiger partial charge in [0.05, 0.1) is 6.04 Å². The highest BCUT2D eigenvalue weighted by atomic mass is 16.4. The van der Waals surface area contributed by atoms with Crippen molar-refractivity contribution in [1.82, 2.24) is 5.32 Å². The molecule has 0 bridgehead atoms. The molecule has 0 aromatic rings. The number of hydrogen-bond acceptors (Lipinski definition) is 3. The number of hydrogen-bond donors (Lipinski definition) is 3. The molecule has 2 atom stereocenters. The van der Waals surface area contributed by atoms with Crippen LogP contribution in [0.1, 0.15) is 6.42 Å². The summed E-state index contributed by atoms with van der Waals surface area (Å²) in [5.41, 5.74) is 4.87. The summed E-state index contributed by atoms with van der Waals surface area (Å²) in [5, 5.41) is 10.8. The van der Waals surface area contributed by atoms with Crippen molar-refractivity contribution in [2.75, 3.05) is 0 Å². The maximum absolute atomic E-state index is 10.3. The summed E-state index contributed by atoms with van der Waals surface area (Å²) in [5.74, 6) is -1.42. The molecule has 10 heavy (non-hydrogen) atoms. The Morgan fingerprint density at radius 2 is 2.00 bits per heavy atom. The molecule has 5 nitrogen and oxygen atoms in total. The Morgan fingerprint density at radius 3 is 2.30 bits per heavy atom. The van der Waals surface area contributed by atoms with Crippen LogP contribution in [0.5, 0.6) is 0 Å². The van der Waals surface area contributed by atoms with Crippen molar-refractivity contribution < 1.29 is 14.7 Å². The van der Waals surface area contributed by atoms with Crippen molar-refractivity contribution in [3.8, 4) is 0 Å². The minimum Gasteiger partial charge on any atom is -0.480 e. The van der Waals surface area contributed by atoms with Crippen molar-refractivity contribution in [2.24, 2.45) is 5.73 Å². The van der Waals surface area contributed by atoms with Crippen LogP contribution in [0, 0.1) is 0 Å². The van der Waals surface area contributed by atoms with Gasteiger partial charge in [0.1, 0.15) is 6.04 Å². The third-order valence-corrected chi connectivity index (χ3v) is 1.52. The third kappa shape index (κ3) is 1.08. The highest BCUT2D eigenvalue weighted by molar-refractivity contribution is 5.85. The summed E-state index contributed by atoms with van der Waals surface area (Å²) in [4.78, 5) is 20.5. The van der Waals surface area contributed by atoms with E-state index in [2.05, 4.69) is 5.32 Å². The molecule has 1 fully saturated rings. The van der Waals surface area contributed by atoms with Crippen LogP contribution in [0.25, 0.3) is 0 Å². The Kier molecular flexibility index (Phi) is 1.58. The van der Waals surface area contributed by atoms with E-state index in [0.717, 1.165) is 0 Å². The van der Waals surface area contributed by atoms with Crippen LogP contribution < -0.4 is 11.1 Å². The number of primary amides is 1. The van der Waals surface area contributed by atoms with Crippen molar-refractivity contribution in [1.29, 1.82) is 0 Å². The molecule has 0 unspecified atom stereocenters. The maximum atomic E-state index is 10.3. The van der Waals surface area contributed by atoms with E-state index < -0.39 is 24.0 Å². The average Bonchev–Trinajstić information content (AvgIpc) is 1.56. The van der Waals surface area contributed by atoms with E-state index in [1.54, 1.807) is 0 Å². The number of carboxylic acid groups (broad SMARTS) is 1. The fraction of sp³-hybridized carbons (Fsp3) is 0.600. The van der Waals surface area contributed by atoms with Crippen LogP contribution >= 0.6 is 0 Å². The molecule has 1 saturated heterocycles. The molecule has 4 N–H and O–H groups in total. The normalized spacial score (nSPS) is 30.8. The minimum atomic E-state index is -0.933. The molecular weight excluding hydrogens is 136 g/mol. The maximum Gasteiger partial charge on any atom is 0.320 e. The molecule has 0 radical (unpaired) electrons. The molecule has 0 saturated carbocycles. The van der Waals surface area contributed by atoms with E-state index in [-0.39, 0.29) is 0 Å². The van der Waals surface area contributed by atoms with Gasteiger partial charge in [-0.2, -0.15) is 0 Å². The Hall–Kier alpha value is -1.10. The van der Waals surface area contributed by atoms with Crippen molar-refractivity contribution in [2.45, 2.75) is 18.5 Å².